The monoisotopic (exact) mass is 294 g/mol. The van der Waals surface area contributed by atoms with Gasteiger partial charge in [-0.3, -0.25) is 4.79 Å². The molecule has 3 nitrogen and oxygen atoms in total. The number of ether oxygens (including phenoxy) is 2. The number of fused-ring (bicyclic) bond motifs is 2. The highest BCUT2D eigenvalue weighted by atomic mass is 16.5. The summed E-state index contributed by atoms with van der Waals surface area (Å²) in [6.07, 6.45) is 6.27. The molecule has 1 fully saturated rings. The fraction of sp³-hybridized carbons (Fsp3) is 0.833. The fourth-order valence-electron chi connectivity index (χ4n) is 4.29. The van der Waals surface area contributed by atoms with Crippen molar-refractivity contribution in [3.63, 3.8) is 0 Å². The lowest BCUT2D eigenvalue weighted by atomic mass is 9.56. The molecule has 3 heteroatoms. The lowest BCUT2D eigenvalue weighted by Crippen LogP contribution is -2.56. The van der Waals surface area contributed by atoms with Crippen LogP contribution >= 0.6 is 0 Å². The van der Waals surface area contributed by atoms with Gasteiger partial charge in [-0.25, -0.2) is 0 Å². The molecule has 0 unspecified atom stereocenters. The number of unbranched alkanes of at least 4 members (excludes halogenated alkanes) is 1. The molecule has 5 atom stereocenters. The minimum atomic E-state index is -0.195. The second kappa shape index (κ2) is 6.51. The SMILES string of the molecule is CCCC[C@H]1OC[C@@]2(COC(C)=O)[C@H](C)[C@@H]1C(C)=C[C@@H]2C. The van der Waals surface area contributed by atoms with Gasteiger partial charge in [0.05, 0.1) is 19.3 Å². The molecule has 1 saturated heterocycles. The number of esters is 1. The zero-order valence-electron chi connectivity index (χ0n) is 14.1. The topological polar surface area (TPSA) is 35.5 Å². The van der Waals surface area contributed by atoms with Crippen molar-refractivity contribution in [2.45, 2.75) is 60.0 Å². The van der Waals surface area contributed by atoms with Crippen molar-refractivity contribution in [1.29, 1.82) is 0 Å². The van der Waals surface area contributed by atoms with Crippen LogP contribution in [0.15, 0.2) is 11.6 Å². The van der Waals surface area contributed by atoms with Crippen molar-refractivity contribution in [3.8, 4) is 0 Å². The van der Waals surface area contributed by atoms with E-state index in [1.54, 1.807) is 0 Å². The Morgan fingerprint density at radius 1 is 1.48 bits per heavy atom. The Morgan fingerprint density at radius 2 is 2.19 bits per heavy atom. The maximum Gasteiger partial charge on any atom is 0.302 e. The van der Waals surface area contributed by atoms with E-state index < -0.39 is 0 Å². The zero-order valence-corrected chi connectivity index (χ0v) is 14.1. The van der Waals surface area contributed by atoms with Crippen LogP contribution in [0.2, 0.25) is 0 Å². The van der Waals surface area contributed by atoms with Crippen LogP contribution in [0.5, 0.6) is 0 Å². The molecule has 0 amide bonds. The lowest BCUT2D eigenvalue weighted by Gasteiger charge is -2.55. The lowest BCUT2D eigenvalue weighted by molar-refractivity contribution is -0.180. The summed E-state index contributed by atoms with van der Waals surface area (Å²) < 4.78 is 11.7. The van der Waals surface area contributed by atoms with Crippen LogP contribution in [0.25, 0.3) is 0 Å². The second-order valence-corrected chi connectivity index (χ2v) is 7.02. The molecule has 0 aromatic carbocycles. The van der Waals surface area contributed by atoms with Gasteiger partial charge >= 0.3 is 5.97 Å². The molecule has 0 aromatic rings. The maximum atomic E-state index is 11.2. The molecule has 0 saturated carbocycles. The molecular weight excluding hydrogens is 264 g/mol. The summed E-state index contributed by atoms with van der Waals surface area (Å²) in [7, 11) is 0. The number of carbonyl (C=O) groups excluding carboxylic acids is 1. The van der Waals surface area contributed by atoms with E-state index in [0.29, 0.717) is 37.1 Å². The van der Waals surface area contributed by atoms with Crippen LogP contribution in [0.4, 0.5) is 0 Å². The van der Waals surface area contributed by atoms with E-state index in [4.69, 9.17) is 9.47 Å². The van der Waals surface area contributed by atoms with Crippen molar-refractivity contribution in [2.24, 2.45) is 23.2 Å². The van der Waals surface area contributed by atoms with Crippen LogP contribution in [0, 0.1) is 23.2 Å². The average molecular weight is 294 g/mol. The average Bonchev–Trinajstić information content (AvgIpc) is 2.42. The van der Waals surface area contributed by atoms with Crippen molar-refractivity contribution >= 4 is 5.97 Å². The molecule has 1 heterocycles. The molecule has 0 aromatic heterocycles. The molecule has 1 aliphatic heterocycles. The first-order valence-corrected chi connectivity index (χ1v) is 8.35. The number of carbonyl (C=O) groups is 1. The molecule has 2 aliphatic rings. The number of allylic oxidation sites excluding steroid dienone is 1. The summed E-state index contributed by atoms with van der Waals surface area (Å²) >= 11 is 0. The van der Waals surface area contributed by atoms with E-state index in [9.17, 15) is 4.79 Å². The Bertz CT molecular complexity index is 415. The Hall–Kier alpha value is -0.830. The minimum absolute atomic E-state index is 0.0570. The minimum Gasteiger partial charge on any atom is -0.465 e. The van der Waals surface area contributed by atoms with E-state index in [1.165, 1.54) is 25.3 Å². The van der Waals surface area contributed by atoms with E-state index in [2.05, 4.69) is 33.8 Å². The maximum absolute atomic E-state index is 11.2. The van der Waals surface area contributed by atoms with Gasteiger partial charge in [0, 0.05) is 18.3 Å². The van der Waals surface area contributed by atoms with E-state index in [0.717, 1.165) is 6.42 Å². The molecule has 21 heavy (non-hydrogen) atoms. The highest BCUT2D eigenvalue weighted by Gasteiger charge is 2.53. The normalized spacial score (nSPS) is 38.8. The fourth-order valence-corrected chi connectivity index (χ4v) is 4.29. The highest BCUT2D eigenvalue weighted by molar-refractivity contribution is 5.65. The van der Waals surface area contributed by atoms with Crippen LogP contribution in [0.1, 0.15) is 53.9 Å². The summed E-state index contributed by atoms with van der Waals surface area (Å²) in [5, 5.41) is 0. The smallest absolute Gasteiger partial charge is 0.302 e. The Labute approximate surface area is 129 Å². The molecule has 2 bridgehead atoms. The van der Waals surface area contributed by atoms with Gasteiger partial charge in [-0.1, -0.05) is 45.3 Å². The number of hydrogen-bond acceptors (Lipinski definition) is 3. The Kier molecular flexibility index (Phi) is 5.13. The predicted molar refractivity (Wildman–Crippen MR) is 83.9 cm³/mol. The van der Waals surface area contributed by atoms with E-state index in [-0.39, 0.29) is 11.4 Å². The summed E-state index contributed by atoms with van der Waals surface area (Å²) in [6, 6.07) is 0. The van der Waals surface area contributed by atoms with Crippen LogP contribution in [-0.2, 0) is 14.3 Å². The first-order chi connectivity index (χ1) is 9.92. The number of rotatable bonds is 5. The quantitative estimate of drug-likeness (QED) is 0.568. The standard InChI is InChI=1S/C18H30O3/c1-6-7-8-16-17-12(2)9-13(3)18(11-21-16,14(17)4)10-20-15(5)19/h9,13-14,16-17H,6-8,10-11H2,1-5H3/t13-,14+,16+,17-,18+/m0/s1. The first-order valence-electron chi connectivity index (χ1n) is 8.35. The summed E-state index contributed by atoms with van der Waals surface area (Å²) in [6.45, 7) is 11.7. The largest absolute Gasteiger partial charge is 0.465 e. The van der Waals surface area contributed by atoms with Gasteiger partial charge in [-0.05, 0) is 25.2 Å². The second-order valence-electron chi connectivity index (χ2n) is 7.02. The van der Waals surface area contributed by atoms with E-state index in [1.807, 2.05) is 0 Å². The van der Waals surface area contributed by atoms with Gasteiger partial charge in [0.15, 0.2) is 0 Å². The molecular formula is C18H30O3. The summed E-state index contributed by atoms with van der Waals surface area (Å²) in [5.74, 6) is 1.15. The Morgan fingerprint density at radius 3 is 2.81 bits per heavy atom. The molecule has 0 spiro atoms. The first kappa shape index (κ1) is 16.5. The molecule has 120 valence electrons. The summed E-state index contributed by atoms with van der Waals surface area (Å²) in [4.78, 5) is 11.2. The third-order valence-corrected chi connectivity index (χ3v) is 5.74. The molecule has 0 N–H and O–H groups in total. The van der Waals surface area contributed by atoms with Gasteiger partial charge in [0.1, 0.15) is 0 Å². The van der Waals surface area contributed by atoms with Gasteiger partial charge in [-0.2, -0.15) is 0 Å². The van der Waals surface area contributed by atoms with Crippen molar-refractivity contribution < 1.29 is 14.3 Å². The van der Waals surface area contributed by atoms with Gasteiger partial charge in [-0.15, -0.1) is 0 Å². The van der Waals surface area contributed by atoms with Crippen LogP contribution in [0.3, 0.4) is 0 Å². The predicted octanol–water partition coefficient (Wildman–Crippen LogP) is 3.97. The van der Waals surface area contributed by atoms with Crippen molar-refractivity contribution in [2.75, 3.05) is 13.2 Å². The third kappa shape index (κ3) is 3.03. The molecule has 1 aliphatic carbocycles. The molecule has 0 radical (unpaired) electrons. The molecule has 2 rings (SSSR count). The van der Waals surface area contributed by atoms with Crippen molar-refractivity contribution in [1.82, 2.24) is 0 Å². The van der Waals surface area contributed by atoms with Crippen LogP contribution in [-0.4, -0.2) is 25.3 Å². The van der Waals surface area contributed by atoms with Crippen LogP contribution < -0.4 is 0 Å². The zero-order chi connectivity index (χ0) is 15.6. The third-order valence-electron chi connectivity index (χ3n) is 5.74. The number of hydrogen-bond donors (Lipinski definition) is 0. The van der Waals surface area contributed by atoms with Gasteiger partial charge in [0.2, 0.25) is 0 Å². The van der Waals surface area contributed by atoms with Gasteiger partial charge < -0.3 is 9.47 Å². The van der Waals surface area contributed by atoms with Crippen molar-refractivity contribution in [3.05, 3.63) is 11.6 Å². The highest BCUT2D eigenvalue weighted by Crippen LogP contribution is 2.53. The van der Waals surface area contributed by atoms with Gasteiger partial charge in [0.25, 0.3) is 0 Å². The van der Waals surface area contributed by atoms with E-state index >= 15 is 0 Å². The Balaban J connectivity index is 2.23. The summed E-state index contributed by atoms with van der Waals surface area (Å²) in [5.41, 5.74) is 1.40.